The van der Waals surface area contributed by atoms with E-state index >= 15 is 0 Å². The Labute approximate surface area is 188 Å². The average Bonchev–Trinajstić information content (AvgIpc) is 3.46. The zero-order chi connectivity index (χ0) is 23.2. The number of pyridine rings is 1. The van der Waals surface area contributed by atoms with Crippen molar-refractivity contribution in [2.45, 2.75) is 25.4 Å². The first-order chi connectivity index (χ1) is 15.2. The molecule has 1 fully saturated rings. The Balaban J connectivity index is 1.71. The molecule has 2 atom stereocenters. The number of fused-ring (bicyclic) bond motifs is 2. The molecule has 1 saturated carbocycles. The van der Waals surface area contributed by atoms with Crippen molar-refractivity contribution < 1.29 is 23.8 Å². The van der Waals surface area contributed by atoms with E-state index in [1.807, 2.05) is 6.92 Å². The minimum absolute atomic E-state index is 0.0618. The molecule has 1 aliphatic heterocycles. The zero-order valence-corrected chi connectivity index (χ0v) is 18.4. The summed E-state index contributed by atoms with van der Waals surface area (Å²) >= 11 is 5.77. The number of nitrogens with zero attached hydrogens (tertiary/aromatic N) is 2. The van der Waals surface area contributed by atoms with E-state index in [2.05, 4.69) is 5.32 Å². The number of carbonyl (C=O) groups excluding carboxylic acids is 2. The van der Waals surface area contributed by atoms with Gasteiger partial charge < -0.3 is 24.6 Å². The zero-order valence-electron chi connectivity index (χ0n) is 17.7. The molecule has 1 spiro atoms. The lowest BCUT2D eigenvalue weighted by atomic mass is 10.0. The summed E-state index contributed by atoms with van der Waals surface area (Å²) in [6.07, 6.45) is 2.00. The standard InChI is InChI=1S/C22H23ClFN3O5/c1-3-26-11-22(7-13(22)10-32-2)27-9-14(18(28)19(29)17(27)21(26)31)20(30)25-8-12-5-4-6-15(23)16(12)24/h4-6,9,13,29H,3,7-8,10-11H2,1-2H3,(H,25,30)/t13-,22-/m0/s1. The van der Waals surface area contributed by atoms with Crippen molar-refractivity contribution in [1.82, 2.24) is 14.8 Å². The SMILES string of the molecule is CCN1C[C@]2(C[C@H]2COC)n2cc(C(=O)NCc3cccc(Cl)c3F)c(=O)c(O)c2C1=O. The van der Waals surface area contributed by atoms with Crippen LogP contribution in [0.5, 0.6) is 5.75 Å². The summed E-state index contributed by atoms with van der Waals surface area (Å²) in [5.41, 5.74) is -1.81. The second kappa shape index (κ2) is 8.22. The summed E-state index contributed by atoms with van der Waals surface area (Å²) in [6.45, 7) is 2.86. The van der Waals surface area contributed by atoms with Gasteiger partial charge in [0.05, 0.1) is 17.2 Å². The number of hydrogen-bond acceptors (Lipinski definition) is 5. The summed E-state index contributed by atoms with van der Waals surface area (Å²) in [7, 11) is 1.58. The third-order valence-corrected chi connectivity index (χ3v) is 6.57. The molecule has 1 aromatic carbocycles. The fourth-order valence-electron chi connectivity index (χ4n) is 4.43. The first-order valence-electron chi connectivity index (χ1n) is 10.2. The Kier molecular flexibility index (Phi) is 5.72. The number of likely N-dealkylation sites (N-methyl/N-ethyl adjacent to an activating group) is 1. The quantitative estimate of drug-likeness (QED) is 0.683. The van der Waals surface area contributed by atoms with Crippen molar-refractivity contribution in [2.75, 3.05) is 26.8 Å². The molecular formula is C22H23ClFN3O5. The van der Waals surface area contributed by atoms with Gasteiger partial charge in [0.1, 0.15) is 11.4 Å². The third kappa shape index (κ3) is 3.45. The number of aromatic nitrogens is 1. The van der Waals surface area contributed by atoms with Crippen LogP contribution in [-0.4, -0.2) is 53.2 Å². The number of benzene rings is 1. The molecule has 0 bridgehead atoms. The highest BCUT2D eigenvalue weighted by Gasteiger charge is 2.60. The van der Waals surface area contributed by atoms with Crippen LogP contribution in [0.2, 0.25) is 5.02 Å². The van der Waals surface area contributed by atoms with Crippen molar-refractivity contribution in [1.29, 1.82) is 0 Å². The van der Waals surface area contributed by atoms with Gasteiger partial charge >= 0.3 is 0 Å². The molecule has 1 aromatic heterocycles. The van der Waals surface area contributed by atoms with Crippen LogP contribution in [0.1, 0.15) is 39.8 Å². The van der Waals surface area contributed by atoms with E-state index in [4.69, 9.17) is 16.3 Å². The van der Waals surface area contributed by atoms with E-state index in [0.717, 1.165) is 0 Å². The number of carbonyl (C=O) groups is 2. The predicted octanol–water partition coefficient (Wildman–Crippen LogP) is 2.11. The summed E-state index contributed by atoms with van der Waals surface area (Å²) in [5, 5.41) is 13.0. The minimum Gasteiger partial charge on any atom is -0.503 e. The van der Waals surface area contributed by atoms with E-state index in [-0.39, 0.29) is 34.3 Å². The fraction of sp³-hybridized carbons (Fsp3) is 0.409. The molecule has 2 heterocycles. The van der Waals surface area contributed by atoms with Gasteiger partial charge in [-0.2, -0.15) is 0 Å². The van der Waals surface area contributed by atoms with Crippen molar-refractivity contribution in [3.63, 3.8) is 0 Å². The molecule has 2 aliphatic rings. The maximum Gasteiger partial charge on any atom is 0.274 e. The highest BCUT2D eigenvalue weighted by Crippen LogP contribution is 2.54. The Bertz CT molecular complexity index is 1170. The van der Waals surface area contributed by atoms with Crippen LogP contribution in [-0.2, 0) is 16.8 Å². The number of rotatable bonds is 6. The largest absolute Gasteiger partial charge is 0.503 e. The Hall–Kier alpha value is -2.91. The van der Waals surface area contributed by atoms with Gasteiger partial charge in [-0.1, -0.05) is 23.7 Å². The third-order valence-electron chi connectivity index (χ3n) is 6.28. The highest BCUT2D eigenvalue weighted by molar-refractivity contribution is 6.30. The lowest BCUT2D eigenvalue weighted by Gasteiger charge is -2.37. The molecule has 8 nitrogen and oxygen atoms in total. The molecule has 2 N–H and O–H groups in total. The van der Waals surface area contributed by atoms with E-state index < -0.39 is 34.3 Å². The van der Waals surface area contributed by atoms with Crippen molar-refractivity contribution in [3.8, 4) is 5.75 Å². The molecule has 0 unspecified atom stereocenters. The van der Waals surface area contributed by atoms with Crippen molar-refractivity contribution in [3.05, 3.63) is 62.3 Å². The van der Waals surface area contributed by atoms with Crippen LogP contribution >= 0.6 is 11.6 Å². The van der Waals surface area contributed by atoms with Gasteiger partial charge in [0.25, 0.3) is 11.8 Å². The number of aromatic hydroxyl groups is 1. The summed E-state index contributed by atoms with van der Waals surface area (Å²) < 4.78 is 20.9. The van der Waals surface area contributed by atoms with E-state index in [1.165, 1.54) is 18.3 Å². The van der Waals surface area contributed by atoms with Crippen molar-refractivity contribution >= 4 is 23.4 Å². The topological polar surface area (TPSA) is 101 Å². The first-order valence-corrected chi connectivity index (χ1v) is 10.6. The smallest absolute Gasteiger partial charge is 0.274 e. The first kappa shape index (κ1) is 22.3. The fourth-order valence-corrected chi connectivity index (χ4v) is 4.62. The lowest BCUT2D eigenvalue weighted by molar-refractivity contribution is 0.0622. The number of amides is 2. The van der Waals surface area contributed by atoms with Gasteiger partial charge in [0.15, 0.2) is 11.4 Å². The highest BCUT2D eigenvalue weighted by atomic mass is 35.5. The van der Waals surface area contributed by atoms with Crippen molar-refractivity contribution in [2.24, 2.45) is 5.92 Å². The van der Waals surface area contributed by atoms with Gasteiger partial charge in [-0.3, -0.25) is 14.4 Å². The second-order valence-corrected chi connectivity index (χ2v) is 8.52. The molecule has 4 rings (SSSR count). The van der Waals surface area contributed by atoms with Gasteiger partial charge in [0.2, 0.25) is 5.43 Å². The Morgan fingerprint density at radius 2 is 2.16 bits per heavy atom. The minimum atomic E-state index is -0.953. The number of methoxy groups -OCH3 is 1. The normalized spacial score (nSPS) is 21.6. The second-order valence-electron chi connectivity index (χ2n) is 8.11. The molecule has 2 aromatic rings. The summed E-state index contributed by atoms with van der Waals surface area (Å²) in [4.78, 5) is 40.0. The summed E-state index contributed by atoms with van der Waals surface area (Å²) in [5.74, 6) is -2.62. The molecule has 32 heavy (non-hydrogen) atoms. The van der Waals surface area contributed by atoms with Crippen LogP contribution in [0.25, 0.3) is 0 Å². The molecule has 10 heteroatoms. The number of halogens is 2. The van der Waals surface area contributed by atoms with Gasteiger partial charge in [0, 0.05) is 44.4 Å². The molecule has 2 amide bonds. The predicted molar refractivity (Wildman–Crippen MR) is 114 cm³/mol. The van der Waals surface area contributed by atoms with Gasteiger partial charge in [-0.25, -0.2) is 4.39 Å². The van der Waals surface area contributed by atoms with E-state index in [0.29, 0.717) is 26.1 Å². The van der Waals surface area contributed by atoms with Gasteiger partial charge in [-0.05, 0) is 19.4 Å². The molecule has 170 valence electrons. The average molecular weight is 464 g/mol. The van der Waals surface area contributed by atoms with Crippen LogP contribution in [0.3, 0.4) is 0 Å². The molecular weight excluding hydrogens is 441 g/mol. The Morgan fingerprint density at radius 1 is 1.41 bits per heavy atom. The lowest BCUT2D eigenvalue weighted by Crippen LogP contribution is -2.49. The molecule has 1 aliphatic carbocycles. The van der Waals surface area contributed by atoms with Crippen LogP contribution < -0.4 is 10.7 Å². The summed E-state index contributed by atoms with van der Waals surface area (Å²) in [6, 6.07) is 4.40. The number of hydrogen-bond donors (Lipinski definition) is 2. The van der Waals surface area contributed by atoms with Crippen LogP contribution in [0.4, 0.5) is 4.39 Å². The number of ether oxygens (including phenoxy) is 1. The molecule has 0 saturated heterocycles. The van der Waals surface area contributed by atoms with Gasteiger partial charge in [-0.15, -0.1) is 0 Å². The van der Waals surface area contributed by atoms with Crippen LogP contribution in [0, 0.1) is 11.7 Å². The maximum atomic E-state index is 14.1. The monoisotopic (exact) mass is 463 g/mol. The van der Waals surface area contributed by atoms with Crippen LogP contribution in [0.15, 0.2) is 29.2 Å². The number of nitrogens with one attached hydrogen (secondary N) is 1. The van der Waals surface area contributed by atoms with E-state index in [1.54, 1.807) is 22.6 Å². The Morgan fingerprint density at radius 3 is 2.84 bits per heavy atom. The van der Waals surface area contributed by atoms with E-state index in [9.17, 15) is 23.9 Å². The molecule has 0 radical (unpaired) electrons. The maximum absolute atomic E-state index is 14.1.